The van der Waals surface area contributed by atoms with Crippen LogP contribution >= 0.6 is 0 Å². The Kier molecular flexibility index (Phi) is 8.12. The molecule has 0 aliphatic carbocycles. The zero-order chi connectivity index (χ0) is 34.2. The Morgan fingerprint density at radius 3 is 1.98 bits per heavy atom. The number of aromatic hydroxyl groups is 1. The number of hydrogen-bond acceptors (Lipinski definition) is 5. The minimum atomic E-state index is -0.891. The molecule has 5 heteroatoms. The van der Waals surface area contributed by atoms with Crippen molar-refractivity contribution in [3.63, 3.8) is 0 Å². The minimum absolute atomic E-state index is 0.218. The highest BCUT2D eigenvalue weighted by Crippen LogP contribution is 2.47. The molecule has 0 amide bonds. The molecule has 0 bridgehead atoms. The van der Waals surface area contributed by atoms with E-state index in [0.717, 1.165) is 74.5 Å². The first-order valence-electron chi connectivity index (χ1n) is 17.3. The van der Waals surface area contributed by atoms with E-state index < -0.39 is 5.60 Å². The molecule has 0 radical (unpaired) electrons. The second kappa shape index (κ2) is 12.9. The van der Waals surface area contributed by atoms with Crippen molar-refractivity contribution in [1.82, 2.24) is 0 Å². The van der Waals surface area contributed by atoms with E-state index in [-0.39, 0.29) is 11.7 Å². The maximum absolute atomic E-state index is 11.3. The highest BCUT2D eigenvalue weighted by atomic mass is 16.5. The van der Waals surface area contributed by atoms with Crippen LogP contribution in [0.25, 0.3) is 39.1 Å². The fourth-order valence-electron chi connectivity index (χ4n) is 7.37. The summed E-state index contributed by atoms with van der Waals surface area (Å²) in [5.74, 6) is 1.99. The van der Waals surface area contributed by atoms with Crippen LogP contribution in [0.3, 0.4) is 0 Å². The fraction of sp³-hybridized carbons (Fsp3) is 0.178. The van der Waals surface area contributed by atoms with Crippen molar-refractivity contribution < 1.29 is 19.4 Å². The molecule has 1 unspecified atom stereocenters. The smallest absolute Gasteiger partial charge is 0.308 e. The number of fused-ring (bicyclic) bond motifs is 3. The molecule has 8 rings (SSSR count). The van der Waals surface area contributed by atoms with Crippen LogP contribution < -0.4 is 14.4 Å². The lowest BCUT2D eigenvalue weighted by atomic mass is 9.82. The molecule has 1 atom stereocenters. The van der Waals surface area contributed by atoms with Crippen LogP contribution in [0, 0.1) is 5.92 Å². The first kappa shape index (κ1) is 31.5. The Bertz CT molecular complexity index is 2200. The quantitative estimate of drug-likeness (QED) is 0.143. The summed E-state index contributed by atoms with van der Waals surface area (Å²) in [5.41, 5.74) is 7.62. The number of phenolic OH excluding ortho intramolecular Hbond substituents is 1. The number of ether oxygens (including phenoxy) is 2. The average molecular weight is 658 g/mol. The van der Waals surface area contributed by atoms with Crippen LogP contribution in [0.5, 0.6) is 17.2 Å². The molecule has 5 nitrogen and oxygen atoms in total. The lowest BCUT2D eigenvalue weighted by Gasteiger charge is -2.37. The molecule has 2 heterocycles. The van der Waals surface area contributed by atoms with Crippen LogP contribution in [-0.4, -0.2) is 24.2 Å². The maximum Gasteiger partial charge on any atom is 0.308 e. The molecular weight excluding hydrogens is 618 g/mol. The van der Waals surface area contributed by atoms with Crippen molar-refractivity contribution in [3.8, 4) is 39.5 Å². The second-order valence-electron chi connectivity index (χ2n) is 13.5. The summed E-state index contributed by atoms with van der Waals surface area (Å²) in [4.78, 5) is 13.8. The summed E-state index contributed by atoms with van der Waals surface area (Å²) in [6, 6.07) is 42.9. The van der Waals surface area contributed by atoms with E-state index in [9.17, 15) is 9.90 Å². The van der Waals surface area contributed by atoms with Gasteiger partial charge in [0.2, 0.25) is 0 Å². The number of anilines is 1. The Morgan fingerprint density at radius 1 is 0.760 bits per heavy atom. The maximum atomic E-state index is 11.3. The fourth-order valence-corrected chi connectivity index (χ4v) is 7.37. The molecule has 1 saturated heterocycles. The van der Waals surface area contributed by atoms with Crippen LogP contribution in [0.4, 0.5) is 5.69 Å². The highest BCUT2D eigenvalue weighted by molar-refractivity contribution is 6.03. The van der Waals surface area contributed by atoms with Crippen molar-refractivity contribution in [3.05, 3.63) is 150 Å². The number of phenols is 1. The van der Waals surface area contributed by atoms with Gasteiger partial charge in [0.15, 0.2) is 5.60 Å². The first-order chi connectivity index (χ1) is 24.4. The summed E-state index contributed by atoms with van der Waals surface area (Å²) in [5, 5.41) is 12.5. The van der Waals surface area contributed by atoms with Gasteiger partial charge in [-0.1, -0.05) is 91.9 Å². The lowest BCUT2D eigenvalue weighted by Crippen LogP contribution is -2.35. The SMILES string of the molecule is CC(=O)Oc1ccc(-c2ccc(-c3cc4c(c5ccccc35)C=CC(c3ccc(O)cc3)(c3ccc(N5CCC(C)CC5)cc3)O4)cc2)cc1. The van der Waals surface area contributed by atoms with Gasteiger partial charge >= 0.3 is 5.97 Å². The lowest BCUT2D eigenvalue weighted by molar-refractivity contribution is -0.131. The first-order valence-corrected chi connectivity index (χ1v) is 17.3. The topological polar surface area (TPSA) is 59.0 Å². The predicted octanol–water partition coefficient (Wildman–Crippen LogP) is 10.4. The molecule has 0 saturated carbocycles. The van der Waals surface area contributed by atoms with E-state index in [1.807, 2.05) is 36.4 Å². The van der Waals surface area contributed by atoms with Gasteiger partial charge in [-0.05, 0) is 106 Å². The molecule has 2 aliphatic rings. The third-order valence-corrected chi connectivity index (χ3v) is 10.2. The number of nitrogens with zero attached hydrogens (tertiary/aromatic N) is 1. The predicted molar refractivity (Wildman–Crippen MR) is 202 cm³/mol. The summed E-state index contributed by atoms with van der Waals surface area (Å²) >= 11 is 0. The monoisotopic (exact) mass is 657 g/mol. The molecular formula is C45H39NO4. The normalized spacial score (nSPS) is 17.3. The number of carbonyl (C=O) groups excluding carboxylic acids is 1. The van der Waals surface area contributed by atoms with Crippen molar-refractivity contribution in [1.29, 1.82) is 0 Å². The van der Waals surface area contributed by atoms with E-state index in [2.05, 4.69) is 103 Å². The van der Waals surface area contributed by atoms with Crippen molar-refractivity contribution in [2.75, 3.05) is 18.0 Å². The second-order valence-corrected chi connectivity index (χ2v) is 13.5. The van der Waals surface area contributed by atoms with E-state index in [4.69, 9.17) is 9.47 Å². The summed E-state index contributed by atoms with van der Waals surface area (Å²) in [6.45, 7) is 5.89. The average Bonchev–Trinajstić information content (AvgIpc) is 3.15. The van der Waals surface area contributed by atoms with Gasteiger partial charge in [-0.2, -0.15) is 0 Å². The summed E-state index contributed by atoms with van der Waals surface area (Å²) < 4.78 is 12.4. The summed E-state index contributed by atoms with van der Waals surface area (Å²) in [7, 11) is 0. The van der Waals surface area contributed by atoms with Crippen molar-refractivity contribution >= 4 is 28.5 Å². The standard InChI is InChI=1S/C45H39NO4/c1-30-24-27-46(28-25-30)37-17-13-35(14-18-37)45(36-15-19-38(48)20-16-36)26-23-42-40-5-3-4-6-41(40)43(29-44(42)50-45)34-9-7-32(8-10-34)33-11-21-39(22-12-33)49-31(2)47/h3-23,26,29-30,48H,24-25,27-28H2,1-2H3. The van der Waals surface area contributed by atoms with Gasteiger partial charge in [-0.3, -0.25) is 4.79 Å². The number of benzene rings is 6. The minimum Gasteiger partial charge on any atom is -0.508 e. The number of piperidine rings is 1. The molecule has 1 fully saturated rings. The zero-order valence-corrected chi connectivity index (χ0v) is 28.3. The number of carbonyl (C=O) groups is 1. The van der Waals surface area contributed by atoms with E-state index in [0.29, 0.717) is 5.75 Å². The third-order valence-electron chi connectivity index (χ3n) is 10.2. The van der Waals surface area contributed by atoms with E-state index >= 15 is 0 Å². The molecule has 6 aromatic carbocycles. The van der Waals surface area contributed by atoms with Crippen molar-refractivity contribution in [2.45, 2.75) is 32.3 Å². The number of hydrogen-bond donors (Lipinski definition) is 1. The van der Waals surface area contributed by atoms with Gasteiger partial charge in [-0.25, -0.2) is 0 Å². The number of esters is 1. The summed E-state index contributed by atoms with van der Waals surface area (Å²) in [6.07, 6.45) is 6.78. The van der Waals surface area contributed by atoms with Crippen LogP contribution in [0.1, 0.15) is 43.4 Å². The number of rotatable bonds is 6. The Morgan fingerprint density at radius 2 is 1.34 bits per heavy atom. The third kappa shape index (κ3) is 5.90. The highest BCUT2D eigenvalue weighted by Gasteiger charge is 2.38. The van der Waals surface area contributed by atoms with Gasteiger partial charge in [0.25, 0.3) is 0 Å². The van der Waals surface area contributed by atoms with Gasteiger partial charge in [-0.15, -0.1) is 0 Å². The van der Waals surface area contributed by atoms with Gasteiger partial charge in [0.1, 0.15) is 17.2 Å². The van der Waals surface area contributed by atoms with Gasteiger partial charge in [0, 0.05) is 42.4 Å². The Balaban J connectivity index is 1.18. The van der Waals surface area contributed by atoms with E-state index in [1.165, 1.54) is 25.5 Å². The van der Waals surface area contributed by atoms with Crippen LogP contribution in [0.15, 0.2) is 133 Å². The molecule has 50 heavy (non-hydrogen) atoms. The molecule has 2 aliphatic heterocycles. The Labute approximate surface area is 293 Å². The molecule has 248 valence electrons. The van der Waals surface area contributed by atoms with E-state index in [1.54, 1.807) is 12.1 Å². The van der Waals surface area contributed by atoms with Crippen LogP contribution in [0.2, 0.25) is 0 Å². The molecule has 6 aromatic rings. The van der Waals surface area contributed by atoms with Crippen LogP contribution in [-0.2, 0) is 10.4 Å². The molecule has 0 aromatic heterocycles. The van der Waals surface area contributed by atoms with Gasteiger partial charge in [0.05, 0.1) is 0 Å². The Hall–Kier alpha value is -5.81. The molecule has 0 spiro atoms. The molecule has 1 N–H and O–H groups in total. The van der Waals surface area contributed by atoms with Gasteiger partial charge < -0.3 is 19.5 Å². The zero-order valence-electron chi connectivity index (χ0n) is 28.3. The largest absolute Gasteiger partial charge is 0.508 e. The van der Waals surface area contributed by atoms with Crippen molar-refractivity contribution in [2.24, 2.45) is 5.92 Å².